The average molecular weight is 969 g/mol. The van der Waals surface area contributed by atoms with Gasteiger partial charge in [0, 0.05) is 0 Å². The first-order chi connectivity index (χ1) is 30.0. The van der Waals surface area contributed by atoms with Gasteiger partial charge in [0.15, 0.2) is 0 Å². The minimum atomic E-state index is -3.56. The minimum absolute atomic E-state index is 0.271. The molecule has 0 atom stereocenters. The van der Waals surface area contributed by atoms with Crippen LogP contribution in [0.5, 0.6) is 0 Å². The largest absolute Gasteiger partial charge is 0.285 e. The molecule has 0 nitrogen and oxygen atoms in total. The Morgan fingerprint density at radius 2 is 0.462 bits per heavy atom. The van der Waals surface area contributed by atoms with Gasteiger partial charge in [-0.3, -0.25) is 0 Å². The Hall–Kier alpha value is -1.89. The smallest absolute Gasteiger partial charge is 0.140 e. The quantitative estimate of drug-likeness (QED) is 0.0731. The van der Waals surface area contributed by atoms with Crippen LogP contribution in [0.15, 0.2) is 48.5 Å². The molecule has 0 amide bonds. The van der Waals surface area contributed by atoms with Crippen LogP contribution >= 0.6 is 22.2 Å². The second kappa shape index (κ2) is 22.2. The standard InChI is InChI=1S/C60H92Cl2Si3/c1-33(2)45-25-49(37(9)10)57(50(26-45)38(11)12)63(58-51(39(13)14)27-46(34(3)4)28-52(58)40(15)16)64(59-53(41(17)18)29-47(35(5)6)30-54(59)42(19)20)65(61,62)60-55(43(21)22)31-48(36(7)8)32-56(60)44(23)24/h25-44H,1-24H3. The first kappa shape index (κ1) is 55.7. The minimum Gasteiger partial charge on any atom is -0.140 e. The van der Waals surface area contributed by atoms with Gasteiger partial charge >= 0.3 is 0 Å². The summed E-state index contributed by atoms with van der Waals surface area (Å²) in [5.74, 6) is 4.09. The van der Waals surface area contributed by atoms with Crippen molar-refractivity contribution in [1.82, 2.24) is 0 Å². The molecule has 0 N–H and O–H groups in total. The summed E-state index contributed by atoms with van der Waals surface area (Å²) in [6, 6.07) is 20.8. The van der Waals surface area contributed by atoms with E-state index in [9.17, 15) is 22.2 Å². The topological polar surface area (TPSA) is 0 Å². The van der Waals surface area contributed by atoms with Gasteiger partial charge in [0.05, 0.1) is 15.3 Å². The third-order valence-electron chi connectivity index (χ3n) is 14.2. The van der Waals surface area contributed by atoms with Crippen LogP contribution in [-0.4, -0.2) is 21.5 Å². The number of benzene rings is 4. The van der Waals surface area contributed by atoms with E-state index in [2.05, 4.69) is 215 Å². The van der Waals surface area contributed by atoms with Crippen molar-refractivity contribution in [1.29, 1.82) is 0 Å². The lowest BCUT2D eigenvalue weighted by Gasteiger charge is -2.37. The highest BCUT2D eigenvalue weighted by Gasteiger charge is 2.47. The molecule has 0 radical (unpaired) electrons. The van der Waals surface area contributed by atoms with Gasteiger partial charge in [-0.1, -0.05) is 215 Å². The van der Waals surface area contributed by atoms with E-state index in [1.165, 1.54) is 71.9 Å². The molecule has 358 valence electrons. The Kier molecular flexibility index (Phi) is 19.1. The highest BCUT2D eigenvalue weighted by Crippen LogP contribution is 2.36. The molecule has 0 saturated carbocycles. The van der Waals surface area contributed by atoms with Crippen molar-refractivity contribution in [2.24, 2.45) is 0 Å². The van der Waals surface area contributed by atoms with Gasteiger partial charge in [-0.25, -0.2) is 0 Å². The highest BCUT2D eigenvalue weighted by atomic mass is 35.7. The zero-order chi connectivity index (χ0) is 49.5. The fourth-order valence-corrected chi connectivity index (χ4v) is 40.7. The molecule has 0 aliphatic rings. The fraction of sp³-hybridized carbons (Fsp3) is 0.600. The van der Waals surface area contributed by atoms with Gasteiger partial charge in [-0.2, -0.15) is 0 Å². The monoisotopic (exact) mass is 967 g/mol. The van der Waals surface area contributed by atoms with Gasteiger partial charge in [-0.15, -0.1) is 22.2 Å². The predicted octanol–water partition coefficient (Wildman–Crippen LogP) is 17.2. The van der Waals surface area contributed by atoms with Crippen LogP contribution in [-0.2, 0) is 0 Å². The Balaban J connectivity index is 2.79. The molecule has 4 aromatic rings. The summed E-state index contributed by atoms with van der Waals surface area (Å²) in [4.78, 5) is 0. The molecule has 0 aromatic heterocycles. The number of rotatable bonds is 17. The van der Waals surface area contributed by atoms with E-state index in [-0.39, 0.29) is 11.8 Å². The van der Waals surface area contributed by atoms with E-state index in [1.807, 2.05) is 0 Å². The molecule has 65 heavy (non-hydrogen) atoms. The summed E-state index contributed by atoms with van der Waals surface area (Å²) in [5.41, 5.74) is 17.5. The predicted molar refractivity (Wildman–Crippen MR) is 302 cm³/mol. The molecule has 0 unspecified atom stereocenters. The Morgan fingerprint density at radius 3 is 0.646 bits per heavy atom. The van der Waals surface area contributed by atoms with E-state index in [0.29, 0.717) is 59.2 Å². The first-order valence-electron chi connectivity index (χ1n) is 25.8. The van der Waals surface area contributed by atoms with Gasteiger partial charge in [0.1, 0.15) is 0 Å². The van der Waals surface area contributed by atoms with Crippen LogP contribution in [0, 0.1) is 0 Å². The fourth-order valence-electron chi connectivity index (χ4n) is 9.99. The SMILES string of the molecule is CC(C)c1cc(C(C)C)c([Si](c2c(C(C)C)cc(C(C)C)cc2C(C)C)=[Si](c2c(C(C)C)cc(C(C)C)cc2C(C)C)[Si](Cl)(Cl)c2c(C(C)C)cc(C(C)C)cc2C(C)C)c(C(C)C)c1. The maximum absolute atomic E-state index is 9.21. The summed E-state index contributed by atoms with van der Waals surface area (Å²) in [7, 11) is -3.77. The average Bonchev–Trinajstić information content (AvgIpc) is 3.20. The summed E-state index contributed by atoms with van der Waals surface area (Å²) in [6.07, 6.45) is -3.56. The van der Waals surface area contributed by atoms with Crippen molar-refractivity contribution in [3.63, 3.8) is 0 Å². The molecule has 0 aliphatic heterocycles. The Bertz CT molecular complexity index is 2130. The summed E-state index contributed by atoms with van der Waals surface area (Å²) < 4.78 is 0. The first-order valence-corrected chi connectivity index (χ1v) is 34.8. The highest BCUT2D eigenvalue weighted by molar-refractivity contribution is 7.80. The lowest BCUT2D eigenvalue weighted by atomic mass is 9.89. The Labute approximate surface area is 414 Å². The van der Waals surface area contributed by atoms with Crippen molar-refractivity contribution >= 4 is 64.4 Å². The van der Waals surface area contributed by atoms with Crippen LogP contribution in [0.25, 0.3) is 0 Å². The van der Waals surface area contributed by atoms with Gasteiger partial charge in [0.2, 0.25) is 0 Å². The molecule has 0 heterocycles. The van der Waals surface area contributed by atoms with E-state index in [1.54, 1.807) is 15.6 Å². The van der Waals surface area contributed by atoms with Crippen LogP contribution in [0.2, 0.25) is 0 Å². The third-order valence-corrected chi connectivity index (χ3v) is 39.9. The van der Waals surface area contributed by atoms with E-state index < -0.39 is 21.5 Å². The van der Waals surface area contributed by atoms with Crippen LogP contribution in [0.4, 0.5) is 0 Å². The molecule has 4 aromatic carbocycles. The maximum atomic E-state index is 9.21. The van der Waals surface area contributed by atoms with Crippen molar-refractivity contribution in [3.05, 3.63) is 115 Å². The third kappa shape index (κ3) is 11.8. The summed E-state index contributed by atoms with van der Waals surface area (Å²) in [5, 5.41) is 6.12. The number of hydrogen-bond acceptors (Lipinski definition) is 0. The van der Waals surface area contributed by atoms with E-state index in [0.717, 1.165) is 0 Å². The Morgan fingerprint density at radius 1 is 0.277 bits per heavy atom. The van der Waals surface area contributed by atoms with Gasteiger partial charge in [-0.05, 0) is 159 Å². The van der Waals surface area contributed by atoms with Gasteiger partial charge < -0.3 is 0 Å². The lowest BCUT2D eigenvalue weighted by molar-refractivity contribution is 0.810. The number of halogens is 2. The van der Waals surface area contributed by atoms with Crippen molar-refractivity contribution in [2.75, 3.05) is 0 Å². The van der Waals surface area contributed by atoms with Crippen LogP contribution in [0.1, 0.15) is 304 Å². The maximum Gasteiger partial charge on any atom is 0.285 e. The molecule has 0 aliphatic carbocycles. The van der Waals surface area contributed by atoms with E-state index >= 15 is 0 Å². The molecule has 0 saturated heterocycles. The molecule has 0 fully saturated rings. The second-order valence-corrected chi connectivity index (χ2v) is 42.3. The molecular formula is C60H92Cl2Si3. The van der Waals surface area contributed by atoms with Crippen molar-refractivity contribution in [2.45, 2.75) is 237 Å². The zero-order valence-corrected chi connectivity index (χ0v) is 50.3. The van der Waals surface area contributed by atoms with Crippen LogP contribution < -0.4 is 20.7 Å². The number of hydrogen-bond donors (Lipinski definition) is 0. The summed E-state index contributed by atoms with van der Waals surface area (Å²) in [6.45, 7) is 57.8. The molecule has 0 spiro atoms. The molecule has 0 bridgehead atoms. The molecule has 4 rings (SSSR count). The second-order valence-electron chi connectivity index (χ2n) is 23.5. The zero-order valence-electron chi connectivity index (χ0n) is 45.8. The van der Waals surface area contributed by atoms with Gasteiger partial charge in [0.25, 0.3) is 6.21 Å². The lowest BCUT2D eigenvalue weighted by Crippen LogP contribution is -2.65. The van der Waals surface area contributed by atoms with Crippen LogP contribution in [0.3, 0.4) is 0 Å². The van der Waals surface area contributed by atoms with E-state index in [4.69, 9.17) is 0 Å². The van der Waals surface area contributed by atoms with Crippen molar-refractivity contribution in [3.8, 4) is 0 Å². The van der Waals surface area contributed by atoms with Crippen molar-refractivity contribution < 1.29 is 0 Å². The normalized spacial score (nSPS) is 12.9. The molecular weight excluding hydrogens is 876 g/mol. The summed E-state index contributed by atoms with van der Waals surface area (Å²) >= 11 is 18.4. The molecule has 5 heteroatoms.